The molecule has 2 aromatic carbocycles. The van der Waals surface area contributed by atoms with Crippen molar-refractivity contribution in [3.63, 3.8) is 0 Å². The van der Waals surface area contributed by atoms with Crippen LogP contribution in [0.1, 0.15) is 51.7 Å². The maximum atomic E-state index is 12.9. The number of quaternary nitrogens is 2. The number of carbonyl (C=O) groups is 2. The van der Waals surface area contributed by atoms with Gasteiger partial charge in [0.2, 0.25) is 11.6 Å². The van der Waals surface area contributed by atoms with Crippen LogP contribution in [0.25, 0.3) is 0 Å². The van der Waals surface area contributed by atoms with Crippen LogP contribution >= 0.6 is 0 Å². The van der Waals surface area contributed by atoms with E-state index >= 15 is 0 Å². The summed E-state index contributed by atoms with van der Waals surface area (Å²) >= 11 is 0. The van der Waals surface area contributed by atoms with Crippen molar-refractivity contribution in [2.75, 3.05) is 13.2 Å². The summed E-state index contributed by atoms with van der Waals surface area (Å²) in [7, 11) is -16.5. The first-order chi connectivity index (χ1) is 29.1. The molecule has 4 atom stereocenters. The molecule has 0 spiro atoms. The lowest BCUT2D eigenvalue weighted by atomic mass is 9.87. The van der Waals surface area contributed by atoms with Crippen LogP contribution in [0.15, 0.2) is 60.7 Å². The van der Waals surface area contributed by atoms with Gasteiger partial charge in [-0.15, -0.1) is 0 Å². The molecule has 0 amide bonds. The van der Waals surface area contributed by atoms with Crippen LogP contribution in [0.4, 0.5) is 0 Å². The van der Waals surface area contributed by atoms with E-state index in [9.17, 15) is 9.59 Å². The third-order valence-electron chi connectivity index (χ3n) is 9.18. The fourth-order valence-electron chi connectivity index (χ4n) is 7.54. The second-order valence-corrected chi connectivity index (χ2v) is 48.5. The van der Waals surface area contributed by atoms with Gasteiger partial charge in [0, 0.05) is 36.5 Å². The Hall–Kier alpha value is -1.37. The summed E-state index contributed by atoms with van der Waals surface area (Å²) in [4.78, 5) is 25.8. The standard InChI is InChI=1S/2C22H43NO4Si3.H2O4S/c2*1-19(21(24)22(2,23)18-20-14-11-10-12-15-20)25-16-13-17-30(9,26-28(3,4)5)27-29(6,7)8;1-5(2,3)4/h2*10-12,14-15,19H,13,16-18,23H2,1-9H3;(H2,1,2,3,4). The van der Waals surface area contributed by atoms with Gasteiger partial charge < -0.3 is 46.5 Å². The van der Waals surface area contributed by atoms with E-state index in [4.69, 9.17) is 43.5 Å². The Morgan fingerprint density at radius 1 is 0.538 bits per heavy atom. The Morgan fingerprint density at radius 2 is 0.769 bits per heavy atom. The molecule has 2 rings (SSSR count). The Balaban J connectivity index is 0.00000114. The fraction of sp³-hybridized carbons (Fsp3) is 0.682. The minimum absolute atomic E-state index is 0.0445. The fourth-order valence-corrected chi connectivity index (χ4v) is 32.6. The van der Waals surface area contributed by atoms with Gasteiger partial charge in [-0.2, -0.15) is 0 Å². The highest BCUT2D eigenvalue weighted by atomic mass is 32.3. The summed E-state index contributed by atoms with van der Waals surface area (Å²) < 4.78 is 72.1. The zero-order valence-electron chi connectivity index (χ0n) is 43.3. The summed E-state index contributed by atoms with van der Waals surface area (Å²) in [6.45, 7) is 39.5. The van der Waals surface area contributed by atoms with Crippen LogP contribution in [-0.4, -0.2) is 116 Å². The summed E-state index contributed by atoms with van der Waals surface area (Å²) in [6, 6.07) is 21.8. The van der Waals surface area contributed by atoms with E-state index in [0.717, 1.165) is 36.1 Å². The van der Waals surface area contributed by atoms with Crippen molar-refractivity contribution in [3.05, 3.63) is 71.8 Å². The van der Waals surface area contributed by atoms with E-state index in [2.05, 4.69) is 103 Å². The van der Waals surface area contributed by atoms with Crippen molar-refractivity contribution in [3.8, 4) is 0 Å². The molecule has 0 aliphatic carbocycles. The molecule has 65 heavy (non-hydrogen) atoms. The highest BCUT2D eigenvalue weighted by molar-refractivity contribution is 7.79. The quantitative estimate of drug-likeness (QED) is 0.0407. The van der Waals surface area contributed by atoms with Gasteiger partial charge in [0.1, 0.15) is 12.2 Å². The normalized spacial score (nSPS) is 15.8. The van der Waals surface area contributed by atoms with Crippen molar-refractivity contribution in [1.29, 1.82) is 0 Å². The third-order valence-corrected chi connectivity index (χ3v) is 28.4. The monoisotopic (exact) mass is 1040 g/mol. The Bertz CT molecular complexity index is 1660. The number of hydrogen-bond acceptors (Lipinski definition) is 12. The number of carbonyl (C=O) groups excluding carboxylic acids is 2. The van der Waals surface area contributed by atoms with Crippen molar-refractivity contribution in [2.24, 2.45) is 0 Å². The molecule has 0 fully saturated rings. The van der Waals surface area contributed by atoms with Crippen LogP contribution in [0.5, 0.6) is 0 Å². The molecule has 2 aromatic rings. The zero-order valence-corrected chi connectivity index (χ0v) is 50.1. The van der Waals surface area contributed by atoms with Crippen molar-refractivity contribution in [1.82, 2.24) is 0 Å². The number of rotatable bonds is 26. The van der Waals surface area contributed by atoms with Crippen LogP contribution in [0.2, 0.25) is 104 Å². The van der Waals surface area contributed by atoms with Crippen LogP contribution in [0.3, 0.4) is 0 Å². The summed E-state index contributed by atoms with van der Waals surface area (Å²) in [6.07, 6.45) is 1.95. The number of benzene rings is 2. The molecular formula is C44H88N2O12SSi6. The van der Waals surface area contributed by atoms with Crippen LogP contribution in [-0.2, 0) is 58.8 Å². The first kappa shape index (κ1) is 63.6. The van der Waals surface area contributed by atoms with E-state index < -0.39 is 84.1 Å². The Kier molecular flexibility index (Phi) is 26.0. The molecule has 21 heteroatoms. The predicted molar refractivity (Wildman–Crippen MR) is 274 cm³/mol. The van der Waals surface area contributed by atoms with E-state index in [-0.39, 0.29) is 11.6 Å². The highest BCUT2D eigenvalue weighted by Crippen LogP contribution is 2.27. The topological polar surface area (TPSA) is 225 Å². The summed E-state index contributed by atoms with van der Waals surface area (Å²) in [5, 5.41) is 0. The molecule has 0 radical (unpaired) electrons. The first-order valence-corrected chi connectivity index (χ1v) is 42.7. The largest absolute Gasteiger partial charge is 0.759 e. The van der Waals surface area contributed by atoms with Crippen molar-refractivity contribution < 1.29 is 64.5 Å². The zero-order chi connectivity index (χ0) is 50.9. The molecule has 0 bridgehead atoms. The molecule has 376 valence electrons. The highest BCUT2D eigenvalue weighted by Gasteiger charge is 2.42. The van der Waals surface area contributed by atoms with Crippen LogP contribution in [0, 0.1) is 0 Å². The number of Topliss-reactive ketones (excluding diaryl/α,β-unsaturated/α-hetero) is 2. The molecule has 0 aromatic heterocycles. The minimum atomic E-state index is -5.17. The molecule has 0 saturated carbocycles. The lowest BCUT2D eigenvalue weighted by Gasteiger charge is -2.38. The maximum absolute atomic E-state index is 12.9. The first-order valence-electron chi connectivity index (χ1n) is 22.6. The van der Waals surface area contributed by atoms with Gasteiger partial charge >= 0.3 is 17.1 Å². The van der Waals surface area contributed by atoms with E-state index in [1.165, 1.54) is 0 Å². The van der Waals surface area contributed by atoms with Gasteiger partial charge in [-0.3, -0.25) is 18.0 Å². The lowest BCUT2D eigenvalue weighted by Crippen LogP contribution is -2.77. The molecule has 0 aliphatic rings. The Morgan fingerprint density at radius 3 is 0.985 bits per heavy atom. The molecule has 6 N–H and O–H groups in total. The van der Waals surface area contributed by atoms with Crippen LogP contribution < -0.4 is 11.5 Å². The Labute approximate surface area is 400 Å². The second kappa shape index (κ2) is 26.6. The van der Waals surface area contributed by atoms with Crippen molar-refractivity contribution >= 4 is 72.4 Å². The van der Waals surface area contributed by atoms with Crippen molar-refractivity contribution in [2.45, 2.75) is 180 Å². The summed E-state index contributed by atoms with van der Waals surface area (Å²) in [5.74, 6) is 0.0890. The number of hydrogen-bond donors (Lipinski definition) is 2. The molecule has 4 unspecified atom stereocenters. The smallest absolute Gasteiger partial charge is 0.314 e. The molecule has 0 saturated heterocycles. The number of ketones is 2. The molecule has 14 nitrogen and oxygen atoms in total. The molecular weight excluding hydrogens is 949 g/mol. The average molecular weight is 1040 g/mol. The van der Waals surface area contributed by atoms with Gasteiger partial charge in [-0.1, -0.05) is 60.7 Å². The van der Waals surface area contributed by atoms with E-state index in [1.54, 1.807) is 0 Å². The van der Waals surface area contributed by atoms with Gasteiger partial charge in [0.15, 0.2) is 44.3 Å². The minimum Gasteiger partial charge on any atom is -0.759 e. The second-order valence-electron chi connectivity index (χ2n) is 21.9. The van der Waals surface area contributed by atoms with Gasteiger partial charge in [0.25, 0.3) is 0 Å². The SMILES string of the molecule is CC(OCCC[Si](C)(O[Si](C)(C)C)O[Si](C)(C)C)C(=O)C(C)([NH3+])Cc1ccccc1.CC(OCCC[Si](C)(O[Si](C)(C)C)O[Si](C)(C)C)C(=O)C(C)([NH3+])Cc1ccccc1.O=S(=O)([O-])[O-]. The van der Waals surface area contributed by atoms with E-state index in [1.807, 2.05) is 88.4 Å². The molecule has 0 heterocycles. The lowest BCUT2D eigenvalue weighted by molar-refractivity contribution is -0.452. The third kappa shape index (κ3) is 32.1. The number of ether oxygens (including phenoxy) is 2. The predicted octanol–water partition coefficient (Wildman–Crippen LogP) is 7.40. The summed E-state index contributed by atoms with van der Waals surface area (Å²) in [5.41, 5.74) is 9.19. The average Bonchev–Trinajstić information content (AvgIpc) is 3.08. The molecule has 0 aliphatic heterocycles. The van der Waals surface area contributed by atoms with Gasteiger partial charge in [-0.05, 0) is 155 Å². The van der Waals surface area contributed by atoms with E-state index in [0.29, 0.717) is 26.1 Å². The van der Waals surface area contributed by atoms with Gasteiger partial charge in [0.05, 0.1) is 0 Å². The van der Waals surface area contributed by atoms with Gasteiger partial charge in [-0.25, -0.2) is 0 Å². The maximum Gasteiger partial charge on any atom is 0.314 e.